The van der Waals surface area contributed by atoms with Gasteiger partial charge in [0.2, 0.25) is 0 Å². The molecule has 1 unspecified atom stereocenters. The van der Waals surface area contributed by atoms with E-state index in [0.717, 1.165) is 18.2 Å². The van der Waals surface area contributed by atoms with Crippen LogP contribution in [0, 0.1) is 11.3 Å². The molecule has 1 saturated heterocycles. The standard InChI is InChI=1S/C12H21NOS.ClH/c1-10(14)15-8-11-7-13-9-12(11)5-3-2-4-6-12;/h11,13H,2-9H2,1H3;1H. The van der Waals surface area contributed by atoms with Gasteiger partial charge in [-0.05, 0) is 30.7 Å². The Hall–Kier alpha value is 0.270. The first-order chi connectivity index (χ1) is 7.23. The molecule has 0 aromatic heterocycles. The van der Waals surface area contributed by atoms with Gasteiger partial charge in [-0.15, -0.1) is 12.4 Å². The van der Waals surface area contributed by atoms with Crippen LogP contribution < -0.4 is 5.32 Å². The van der Waals surface area contributed by atoms with Crippen LogP contribution in [0.15, 0.2) is 0 Å². The largest absolute Gasteiger partial charge is 0.316 e. The average Bonchev–Trinajstić information content (AvgIpc) is 2.59. The molecule has 1 aliphatic heterocycles. The number of thioether (sulfide) groups is 1. The highest BCUT2D eigenvalue weighted by Gasteiger charge is 2.42. The zero-order valence-electron chi connectivity index (χ0n) is 9.96. The van der Waals surface area contributed by atoms with E-state index in [4.69, 9.17) is 0 Å². The van der Waals surface area contributed by atoms with Gasteiger partial charge in [0.05, 0.1) is 0 Å². The minimum absolute atomic E-state index is 0. The normalized spacial score (nSPS) is 27.7. The molecule has 1 aliphatic carbocycles. The first kappa shape index (κ1) is 14.3. The second-order valence-corrected chi connectivity index (χ2v) is 6.25. The predicted octanol–water partition coefficient (Wildman–Crippen LogP) is 2.86. The molecule has 2 nitrogen and oxygen atoms in total. The van der Waals surface area contributed by atoms with Gasteiger partial charge in [0, 0.05) is 19.2 Å². The van der Waals surface area contributed by atoms with Crippen LogP contribution in [0.2, 0.25) is 0 Å². The second kappa shape index (κ2) is 6.27. The molecule has 16 heavy (non-hydrogen) atoms. The van der Waals surface area contributed by atoms with Gasteiger partial charge in [0.1, 0.15) is 0 Å². The highest BCUT2D eigenvalue weighted by Crippen LogP contribution is 2.45. The van der Waals surface area contributed by atoms with Crippen LogP contribution in [0.25, 0.3) is 0 Å². The fourth-order valence-electron chi connectivity index (χ4n) is 3.15. The van der Waals surface area contributed by atoms with E-state index < -0.39 is 0 Å². The van der Waals surface area contributed by atoms with E-state index in [2.05, 4.69) is 5.32 Å². The Bertz CT molecular complexity index is 241. The van der Waals surface area contributed by atoms with Crippen LogP contribution >= 0.6 is 24.2 Å². The zero-order chi connectivity index (χ0) is 10.7. The molecule has 2 aliphatic rings. The van der Waals surface area contributed by atoms with Gasteiger partial charge in [0.15, 0.2) is 5.12 Å². The lowest BCUT2D eigenvalue weighted by atomic mass is 9.68. The van der Waals surface area contributed by atoms with Gasteiger partial charge >= 0.3 is 0 Å². The molecular formula is C12H22ClNOS. The van der Waals surface area contributed by atoms with Crippen LogP contribution in [0.1, 0.15) is 39.0 Å². The molecule has 1 atom stereocenters. The molecule has 1 saturated carbocycles. The number of hydrogen-bond donors (Lipinski definition) is 1. The number of carbonyl (C=O) groups is 1. The van der Waals surface area contributed by atoms with Crippen LogP contribution in [-0.4, -0.2) is 24.0 Å². The minimum atomic E-state index is 0. The molecule has 1 N–H and O–H groups in total. The number of hydrogen-bond acceptors (Lipinski definition) is 3. The summed E-state index contributed by atoms with van der Waals surface area (Å²) in [6.45, 7) is 4.00. The molecule has 0 amide bonds. The maximum absolute atomic E-state index is 11.0. The molecule has 2 fully saturated rings. The molecule has 1 heterocycles. The van der Waals surface area contributed by atoms with Crippen molar-refractivity contribution < 1.29 is 4.79 Å². The summed E-state index contributed by atoms with van der Waals surface area (Å²) in [7, 11) is 0. The summed E-state index contributed by atoms with van der Waals surface area (Å²) in [5.41, 5.74) is 0.542. The van der Waals surface area contributed by atoms with Crippen molar-refractivity contribution in [1.29, 1.82) is 0 Å². The third-order valence-electron chi connectivity index (χ3n) is 4.07. The molecule has 94 valence electrons. The predicted molar refractivity (Wildman–Crippen MR) is 72.3 cm³/mol. The van der Waals surface area contributed by atoms with Crippen molar-refractivity contribution in [2.75, 3.05) is 18.8 Å². The van der Waals surface area contributed by atoms with Crippen LogP contribution in [0.3, 0.4) is 0 Å². The Morgan fingerprint density at radius 1 is 1.38 bits per heavy atom. The van der Waals surface area contributed by atoms with E-state index >= 15 is 0 Å². The smallest absolute Gasteiger partial charge is 0.185 e. The molecule has 0 aromatic carbocycles. The molecule has 0 bridgehead atoms. The number of carbonyl (C=O) groups excluding carboxylic acids is 1. The average molecular weight is 264 g/mol. The molecule has 0 radical (unpaired) electrons. The van der Waals surface area contributed by atoms with Gasteiger partial charge in [-0.1, -0.05) is 31.0 Å². The summed E-state index contributed by atoms with van der Waals surface area (Å²) in [5.74, 6) is 1.76. The fourth-order valence-corrected chi connectivity index (χ4v) is 4.06. The summed E-state index contributed by atoms with van der Waals surface area (Å²) in [6.07, 6.45) is 6.95. The molecule has 4 heteroatoms. The molecule has 1 spiro atoms. The maximum Gasteiger partial charge on any atom is 0.185 e. The monoisotopic (exact) mass is 263 g/mol. The van der Waals surface area contributed by atoms with E-state index in [1.165, 1.54) is 50.4 Å². The summed E-state index contributed by atoms with van der Waals surface area (Å²) >= 11 is 1.52. The number of halogens is 1. The lowest BCUT2D eigenvalue weighted by Gasteiger charge is -2.38. The lowest BCUT2D eigenvalue weighted by molar-refractivity contribution is -0.109. The Labute approximate surface area is 109 Å². The van der Waals surface area contributed by atoms with E-state index in [9.17, 15) is 4.79 Å². The topological polar surface area (TPSA) is 29.1 Å². The Morgan fingerprint density at radius 2 is 2.06 bits per heavy atom. The molecule has 0 aromatic rings. The summed E-state index contributed by atoms with van der Waals surface area (Å²) in [5, 5.41) is 3.80. The van der Waals surface area contributed by atoms with Crippen LogP contribution in [-0.2, 0) is 4.79 Å². The Morgan fingerprint density at radius 3 is 2.69 bits per heavy atom. The summed E-state index contributed by atoms with van der Waals surface area (Å²) < 4.78 is 0. The number of rotatable bonds is 2. The van der Waals surface area contributed by atoms with Crippen molar-refractivity contribution in [2.45, 2.75) is 39.0 Å². The fraction of sp³-hybridized carbons (Fsp3) is 0.917. The SMILES string of the molecule is CC(=O)SCC1CNCC12CCCCC2.Cl. The van der Waals surface area contributed by atoms with Gasteiger partial charge in [-0.3, -0.25) is 4.79 Å². The third kappa shape index (κ3) is 3.14. The van der Waals surface area contributed by atoms with Crippen molar-refractivity contribution >= 4 is 29.3 Å². The Balaban J connectivity index is 0.00000128. The zero-order valence-corrected chi connectivity index (χ0v) is 11.6. The number of nitrogens with one attached hydrogen (secondary N) is 1. The minimum Gasteiger partial charge on any atom is -0.316 e. The van der Waals surface area contributed by atoms with E-state index in [1.807, 2.05) is 0 Å². The first-order valence-corrected chi connectivity index (χ1v) is 7.06. The van der Waals surface area contributed by atoms with Gasteiger partial charge in [-0.25, -0.2) is 0 Å². The third-order valence-corrected chi connectivity index (χ3v) is 5.05. The van der Waals surface area contributed by atoms with Gasteiger partial charge in [0.25, 0.3) is 0 Å². The van der Waals surface area contributed by atoms with Crippen LogP contribution in [0.5, 0.6) is 0 Å². The summed E-state index contributed by atoms with van der Waals surface area (Å²) in [4.78, 5) is 11.0. The Kier molecular flexibility index (Phi) is 5.62. The summed E-state index contributed by atoms with van der Waals surface area (Å²) in [6, 6.07) is 0. The van der Waals surface area contributed by atoms with Crippen molar-refractivity contribution in [1.82, 2.24) is 5.32 Å². The van der Waals surface area contributed by atoms with E-state index in [1.54, 1.807) is 6.92 Å². The van der Waals surface area contributed by atoms with Gasteiger partial charge < -0.3 is 5.32 Å². The van der Waals surface area contributed by atoms with Crippen molar-refractivity contribution in [3.05, 3.63) is 0 Å². The van der Waals surface area contributed by atoms with Crippen molar-refractivity contribution in [3.63, 3.8) is 0 Å². The van der Waals surface area contributed by atoms with Crippen LogP contribution in [0.4, 0.5) is 0 Å². The van der Waals surface area contributed by atoms with E-state index in [0.29, 0.717) is 5.41 Å². The van der Waals surface area contributed by atoms with Crippen molar-refractivity contribution in [2.24, 2.45) is 11.3 Å². The maximum atomic E-state index is 11.0. The molecular weight excluding hydrogens is 242 g/mol. The highest BCUT2D eigenvalue weighted by atomic mass is 35.5. The lowest BCUT2D eigenvalue weighted by Crippen LogP contribution is -2.33. The highest BCUT2D eigenvalue weighted by molar-refractivity contribution is 8.13. The van der Waals surface area contributed by atoms with Crippen molar-refractivity contribution in [3.8, 4) is 0 Å². The van der Waals surface area contributed by atoms with E-state index in [-0.39, 0.29) is 17.5 Å². The quantitative estimate of drug-likeness (QED) is 0.831. The second-order valence-electron chi connectivity index (χ2n) is 5.05. The van der Waals surface area contributed by atoms with Gasteiger partial charge in [-0.2, -0.15) is 0 Å². The first-order valence-electron chi connectivity index (χ1n) is 6.07. The molecule has 2 rings (SSSR count).